The van der Waals surface area contributed by atoms with Crippen molar-refractivity contribution in [2.75, 3.05) is 6.61 Å². The van der Waals surface area contributed by atoms with E-state index in [-0.39, 0.29) is 35.8 Å². The average molecular weight is 589 g/mol. The number of halogens is 6. The van der Waals surface area contributed by atoms with Crippen LogP contribution in [0.25, 0.3) is 16.8 Å². The molecule has 0 spiro atoms. The molecular weight excluding hydrogens is 566 g/mol. The van der Waals surface area contributed by atoms with Crippen molar-refractivity contribution in [2.24, 2.45) is 0 Å². The van der Waals surface area contributed by atoms with Crippen LogP contribution in [-0.2, 0) is 23.6 Å². The van der Waals surface area contributed by atoms with Crippen LogP contribution in [0.1, 0.15) is 52.8 Å². The van der Waals surface area contributed by atoms with Gasteiger partial charge in [0.1, 0.15) is 17.6 Å². The zero-order valence-corrected chi connectivity index (χ0v) is 21.7. The summed E-state index contributed by atoms with van der Waals surface area (Å²) in [6, 6.07) is 14.1. The summed E-state index contributed by atoms with van der Waals surface area (Å²) < 4.78 is 94.1. The quantitative estimate of drug-likeness (QED) is 0.235. The van der Waals surface area contributed by atoms with E-state index in [0.29, 0.717) is 35.5 Å². The molecular formula is C30H22F6N2O4. The lowest BCUT2D eigenvalue weighted by molar-refractivity contribution is -0.141. The molecule has 3 aromatic carbocycles. The van der Waals surface area contributed by atoms with Crippen LogP contribution in [0.5, 0.6) is 11.5 Å². The molecule has 6 nitrogen and oxygen atoms in total. The highest BCUT2D eigenvalue weighted by atomic mass is 19.4. The van der Waals surface area contributed by atoms with Gasteiger partial charge in [0.25, 0.3) is 0 Å². The number of carbonyl (C=O) groups is 1. The van der Waals surface area contributed by atoms with E-state index >= 15 is 0 Å². The normalized spacial score (nSPS) is 18.0. The molecule has 1 unspecified atom stereocenters. The number of ether oxygens (including phenoxy) is 2. The van der Waals surface area contributed by atoms with Gasteiger partial charge in [-0.1, -0.05) is 24.3 Å². The Morgan fingerprint density at radius 2 is 1.71 bits per heavy atom. The van der Waals surface area contributed by atoms with Crippen molar-refractivity contribution in [1.82, 2.24) is 9.78 Å². The highest BCUT2D eigenvalue weighted by Crippen LogP contribution is 2.47. The molecule has 0 bridgehead atoms. The van der Waals surface area contributed by atoms with E-state index in [1.54, 1.807) is 18.2 Å². The van der Waals surface area contributed by atoms with E-state index in [1.165, 1.54) is 30.3 Å². The highest BCUT2D eigenvalue weighted by molar-refractivity contribution is 5.75. The van der Waals surface area contributed by atoms with E-state index < -0.39 is 35.7 Å². The largest absolute Gasteiger partial charge is 0.492 e. The Bertz CT molecular complexity index is 1660. The number of carboxylic acids is 1. The summed E-state index contributed by atoms with van der Waals surface area (Å²) in [5.74, 6) is -0.232. The van der Waals surface area contributed by atoms with Gasteiger partial charge >= 0.3 is 18.3 Å². The fourth-order valence-corrected chi connectivity index (χ4v) is 5.63. The summed E-state index contributed by atoms with van der Waals surface area (Å²) in [6.07, 6.45) is -7.98. The standard InChI is InChI=1S/C30H22F6N2O4/c31-29(32,33)23-9-7-21-22(28(23)16-1-3-18(4-2-16)38-12-11-26(37-38)30(34,35)36)8-10-24(21)42-19-5-6-20-17(13-27(39)40)15-41-25(20)14-19/h1-7,9,11-12,14,17,24H,8,10,13,15H2,(H,39,40)/t17?,24-/m1/s1. The molecule has 4 aromatic rings. The monoisotopic (exact) mass is 588 g/mol. The smallest absolute Gasteiger partial charge is 0.435 e. The Kier molecular flexibility index (Phi) is 6.66. The molecule has 1 aliphatic heterocycles. The molecule has 12 heteroatoms. The predicted octanol–water partition coefficient (Wildman–Crippen LogP) is 7.59. The first-order valence-electron chi connectivity index (χ1n) is 13.0. The maximum atomic E-state index is 14.1. The summed E-state index contributed by atoms with van der Waals surface area (Å²) in [6.45, 7) is 0.240. The minimum Gasteiger partial charge on any atom is -0.492 e. The number of aromatic nitrogens is 2. The summed E-state index contributed by atoms with van der Waals surface area (Å²) in [4.78, 5) is 11.1. The van der Waals surface area contributed by atoms with Crippen LogP contribution in [0.2, 0.25) is 0 Å². The van der Waals surface area contributed by atoms with Crippen molar-refractivity contribution in [3.05, 3.63) is 94.8 Å². The number of hydrogen-bond acceptors (Lipinski definition) is 4. The minimum atomic E-state index is -4.64. The summed E-state index contributed by atoms with van der Waals surface area (Å²) in [5.41, 5.74) is 0.499. The SMILES string of the molecule is O=C(O)CC1COc2cc(O[C@@H]3CCc4c3ccc(C(F)(F)F)c4-c3ccc(-n4ccc(C(F)(F)F)n4)cc3)ccc21. The van der Waals surface area contributed by atoms with Gasteiger partial charge in [0.2, 0.25) is 0 Å². The van der Waals surface area contributed by atoms with Crippen molar-refractivity contribution < 1.29 is 45.7 Å². The highest BCUT2D eigenvalue weighted by Gasteiger charge is 2.38. The third kappa shape index (κ3) is 5.17. The van der Waals surface area contributed by atoms with Gasteiger partial charge in [-0.15, -0.1) is 0 Å². The Hall–Kier alpha value is -4.48. The number of nitrogens with zero attached hydrogens (tertiary/aromatic N) is 2. The Labute approximate surface area is 235 Å². The Morgan fingerprint density at radius 1 is 0.976 bits per heavy atom. The van der Waals surface area contributed by atoms with Crippen molar-refractivity contribution in [3.8, 4) is 28.3 Å². The molecule has 2 heterocycles. The summed E-state index contributed by atoms with van der Waals surface area (Å²) in [5, 5.41) is 12.6. The number of alkyl halides is 6. The van der Waals surface area contributed by atoms with Gasteiger partial charge in [-0.3, -0.25) is 4.79 Å². The topological polar surface area (TPSA) is 73.6 Å². The van der Waals surface area contributed by atoms with Gasteiger partial charge in [0.15, 0.2) is 5.69 Å². The maximum absolute atomic E-state index is 14.1. The van der Waals surface area contributed by atoms with Crippen LogP contribution >= 0.6 is 0 Å². The van der Waals surface area contributed by atoms with Crippen LogP contribution in [-0.4, -0.2) is 27.5 Å². The van der Waals surface area contributed by atoms with Crippen molar-refractivity contribution in [3.63, 3.8) is 0 Å². The van der Waals surface area contributed by atoms with Crippen molar-refractivity contribution >= 4 is 5.97 Å². The fraction of sp³-hybridized carbons (Fsp3) is 0.267. The predicted molar refractivity (Wildman–Crippen MR) is 138 cm³/mol. The summed E-state index contributed by atoms with van der Waals surface area (Å²) >= 11 is 0. The fourth-order valence-electron chi connectivity index (χ4n) is 5.63. The molecule has 1 aromatic heterocycles. The molecule has 0 fully saturated rings. The Balaban J connectivity index is 1.30. The van der Waals surface area contributed by atoms with E-state index in [0.717, 1.165) is 28.6 Å². The van der Waals surface area contributed by atoms with Crippen molar-refractivity contribution in [2.45, 2.75) is 43.6 Å². The molecule has 0 radical (unpaired) electrons. The lowest BCUT2D eigenvalue weighted by atomic mass is 9.91. The first-order chi connectivity index (χ1) is 19.9. The van der Waals surface area contributed by atoms with Crippen LogP contribution in [0.15, 0.2) is 66.9 Å². The first kappa shape index (κ1) is 27.7. The minimum absolute atomic E-state index is 0.00268. The van der Waals surface area contributed by atoms with Crippen LogP contribution < -0.4 is 9.47 Å². The van der Waals surface area contributed by atoms with Gasteiger partial charge in [-0.05, 0) is 65.4 Å². The van der Waals surface area contributed by atoms with E-state index in [9.17, 15) is 31.1 Å². The zero-order valence-electron chi connectivity index (χ0n) is 21.7. The lowest BCUT2D eigenvalue weighted by Crippen LogP contribution is -2.10. The van der Waals surface area contributed by atoms with Crippen molar-refractivity contribution in [1.29, 1.82) is 0 Å². The lowest BCUT2D eigenvalue weighted by Gasteiger charge is -2.20. The Morgan fingerprint density at radius 3 is 2.38 bits per heavy atom. The van der Waals surface area contributed by atoms with Gasteiger partial charge < -0.3 is 14.6 Å². The molecule has 2 aliphatic rings. The van der Waals surface area contributed by atoms with Gasteiger partial charge in [0.05, 0.1) is 24.3 Å². The first-order valence-corrected chi connectivity index (χ1v) is 13.0. The molecule has 1 N–H and O–H groups in total. The van der Waals surface area contributed by atoms with E-state index in [1.807, 2.05) is 0 Å². The third-order valence-electron chi connectivity index (χ3n) is 7.52. The molecule has 6 rings (SSSR count). The summed E-state index contributed by atoms with van der Waals surface area (Å²) in [7, 11) is 0. The van der Waals surface area contributed by atoms with Gasteiger partial charge in [0, 0.05) is 23.7 Å². The van der Waals surface area contributed by atoms with Gasteiger partial charge in [-0.2, -0.15) is 31.4 Å². The molecule has 0 amide bonds. The molecule has 42 heavy (non-hydrogen) atoms. The van der Waals surface area contributed by atoms with Crippen LogP contribution in [0.3, 0.4) is 0 Å². The van der Waals surface area contributed by atoms with Crippen LogP contribution in [0.4, 0.5) is 26.3 Å². The second kappa shape index (κ2) is 10.1. The average Bonchev–Trinajstić information content (AvgIpc) is 3.67. The molecule has 1 aliphatic carbocycles. The van der Waals surface area contributed by atoms with Gasteiger partial charge in [-0.25, -0.2) is 4.68 Å². The number of carboxylic acid groups (broad SMARTS) is 1. The zero-order chi connectivity index (χ0) is 29.8. The third-order valence-corrected chi connectivity index (χ3v) is 7.52. The number of hydrogen-bond donors (Lipinski definition) is 1. The van der Waals surface area contributed by atoms with E-state index in [4.69, 9.17) is 14.6 Å². The second-order valence-corrected chi connectivity index (χ2v) is 10.2. The van der Waals surface area contributed by atoms with E-state index in [2.05, 4.69) is 5.10 Å². The molecule has 2 atom stereocenters. The molecule has 0 saturated carbocycles. The number of rotatable bonds is 6. The second-order valence-electron chi connectivity index (χ2n) is 10.2. The number of benzene rings is 3. The number of aliphatic carboxylic acids is 1. The number of fused-ring (bicyclic) bond motifs is 2. The molecule has 218 valence electrons. The maximum Gasteiger partial charge on any atom is 0.435 e. The van der Waals surface area contributed by atoms with Crippen LogP contribution in [0, 0.1) is 0 Å². The molecule has 0 saturated heterocycles.